The van der Waals surface area contributed by atoms with Crippen LogP contribution in [0.3, 0.4) is 0 Å². The molecule has 0 bridgehead atoms. The molecule has 0 aromatic heterocycles. The zero-order chi connectivity index (χ0) is 61.9. The molecule has 0 saturated carbocycles. The average Bonchev–Trinajstić information content (AvgIpc) is 3.38. The quantitative estimate of drug-likeness (QED) is 0.0214. The Morgan fingerprint density at radius 2 is 0.774 bits per heavy atom. The molecule has 5 heterocycles. The van der Waals surface area contributed by atoms with E-state index in [0.717, 1.165) is 14.7 Å². The van der Waals surface area contributed by atoms with Crippen LogP contribution in [-0.4, -0.2) is 365 Å². The molecule has 0 spiro atoms. The van der Waals surface area contributed by atoms with Crippen molar-refractivity contribution in [1.29, 1.82) is 0 Å². The van der Waals surface area contributed by atoms with Gasteiger partial charge in [0.05, 0.1) is 72.5 Å². The highest BCUT2D eigenvalue weighted by Gasteiger charge is 2.48. The van der Waals surface area contributed by atoms with Crippen LogP contribution in [-0.2, 0) is 71.5 Å². The van der Waals surface area contributed by atoms with E-state index < -0.39 is 257 Å². The van der Waals surface area contributed by atoms with Gasteiger partial charge in [-0.25, -0.2) is 4.79 Å². The van der Waals surface area contributed by atoms with Crippen LogP contribution in [0.25, 0.3) is 0 Å². The number of amides is 5. The van der Waals surface area contributed by atoms with Crippen LogP contribution in [0, 0.1) is 0 Å². The van der Waals surface area contributed by atoms with Crippen LogP contribution in [0.15, 0.2) is 0 Å². The summed E-state index contributed by atoms with van der Waals surface area (Å²) in [5.41, 5.74) is 0. The molecule has 0 aromatic rings. The number of ether oxygens (including phenoxy) is 8. The summed E-state index contributed by atoms with van der Waals surface area (Å²) in [5.74, 6) is -4.66. The topological polar surface area (TPSA) is 534 Å². The molecule has 36 heteroatoms. The highest BCUT2D eigenvalue weighted by Crippen LogP contribution is 2.26. The Morgan fingerprint density at radius 3 is 1.08 bits per heavy atom. The van der Waals surface area contributed by atoms with E-state index in [2.05, 4.69) is 5.32 Å². The van der Waals surface area contributed by atoms with Gasteiger partial charge < -0.3 is 140 Å². The van der Waals surface area contributed by atoms with Gasteiger partial charge in [-0.15, -0.1) is 5.06 Å². The standard InChI is InChI=1S/C48H81N5O31/c54-19-23-33(64)37(68)41(72)45(80-23)76-12-8-51(9-13-77-46-42(73)38(69)34(65)24(20-55)81-46)30(61)17-50(16-27(58)49-7-3-1-2-4-32(63)84-53-28(59)5-6-29(53)60)18-31(62)52(10-14-78-47-43(74)39(70)35(66)25(21-56)82-47)11-15-79-48-44(75)40(71)36(67)26(22-57)83-48/h23-26,33-48,54-57,64-75H,1-22H2,(H,49,58)/t23-,24-,25-,26?,33-,34-,35-,36?,37+,38+,39+,40?,41+,42+,43+,44?,45+,46+,47+,48?/m1/s1. The van der Waals surface area contributed by atoms with Crippen LogP contribution in [0.4, 0.5) is 0 Å². The van der Waals surface area contributed by atoms with Crippen molar-refractivity contribution in [3.63, 3.8) is 0 Å². The monoisotopic (exact) mass is 1220 g/mol. The van der Waals surface area contributed by atoms with Gasteiger partial charge in [-0.3, -0.25) is 28.9 Å². The minimum atomic E-state index is -1.86. The molecule has 17 N–H and O–H groups in total. The number of imide groups is 1. The van der Waals surface area contributed by atoms with Crippen LogP contribution in [0.5, 0.6) is 0 Å². The highest BCUT2D eigenvalue weighted by molar-refractivity contribution is 6.01. The van der Waals surface area contributed by atoms with E-state index in [0.29, 0.717) is 11.5 Å². The van der Waals surface area contributed by atoms with Crippen molar-refractivity contribution in [3.05, 3.63) is 0 Å². The van der Waals surface area contributed by atoms with Gasteiger partial charge in [0.15, 0.2) is 25.2 Å². The van der Waals surface area contributed by atoms with Crippen molar-refractivity contribution in [2.45, 2.75) is 161 Å². The summed E-state index contributed by atoms with van der Waals surface area (Å²) in [5, 5.41) is 166. The van der Waals surface area contributed by atoms with Crippen molar-refractivity contribution in [2.75, 3.05) is 105 Å². The second kappa shape index (κ2) is 34.5. The number of nitrogens with zero attached hydrogens (tertiary/aromatic N) is 4. The number of hydrogen-bond donors (Lipinski definition) is 17. The summed E-state index contributed by atoms with van der Waals surface area (Å²) in [4.78, 5) is 86.6. The van der Waals surface area contributed by atoms with E-state index in [1.165, 1.54) is 0 Å². The molecule has 0 radical (unpaired) electrons. The van der Waals surface area contributed by atoms with E-state index in [-0.39, 0.29) is 38.6 Å². The third-order valence-corrected chi connectivity index (χ3v) is 14.3. The molecule has 5 rings (SSSR count). The number of hydrogen-bond acceptors (Lipinski definition) is 32. The third-order valence-electron chi connectivity index (χ3n) is 14.3. The van der Waals surface area contributed by atoms with Crippen LogP contribution in [0.2, 0.25) is 0 Å². The first-order valence-electron chi connectivity index (χ1n) is 27.3. The second-order valence-electron chi connectivity index (χ2n) is 20.4. The number of carbonyl (C=O) groups excluding carboxylic acids is 6. The molecule has 5 aliphatic rings. The molecular weight excluding hydrogens is 1140 g/mol. The van der Waals surface area contributed by atoms with Gasteiger partial charge in [-0.2, -0.15) is 0 Å². The van der Waals surface area contributed by atoms with Crippen molar-refractivity contribution in [3.8, 4) is 0 Å². The molecule has 5 unspecified atom stereocenters. The van der Waals surface area contributed by atoms with Crippen LogP contribution < -0.4 is 5.32 Å². The minimum absolute atomic E-state index is 0.0138. The Morgan fingerprint density at radius 1 is 0.452 bits per heavy atom. The molecule has 36 nitrogen and oxygen atoms in total. The van der Waals surface area contributed by atoms with Gasteiger partial charge >= 0.3 is 5.97 Å². The Balaban J connectivity index is 1.34. The maximum absolute atomic E-state index is 14.5. The molecule has 20 atom stereocenters. The molecule has 5 aliphatic heterocycles. The first-order chi connectivity index (χ1) is 40.0. The van der Waals surface area contributed by atoms with E-state index in [1.807, 2.05) is 0 Å². The lowest BCUT2D eigenvalue weighted by molar-refractivity contribution is -0.303. The van der Waals surface area contributed by atoms with Gasteiger partial charge in [-0.05, 0) is 12.8 Å². The van der Waals surface area contributed by atoms with E-state index >= 15 is 0 Å². The Bertz CT molecular complexity index is 1870. The lowest BCUT2D eigenvalue weighted by atomic mass is 9.99. The third kappa shape index (κ3) is 19.5. The summed E-state index contributed by atoms with van der Waals surface area (Å²) in [6.45, 7) is -9.31. The maximum Gasteiger partial charge on any atom is 0.333 e. The summed E-state index contributed by atoms with van der Waals surface area (Å²) in [7, 11) is 0. The van der Waals surface area contributed by atoms with Gasteiger partial charge in [-0.1, -0.05) is 6.42 Å². The maximum atomic E-state index is 14.5. The number of rotatable bonds is 33. The predicted octanol–water partition coefficient (Wildman–Crippen LogP) is -12.5. The Hall–Kier alpha value is -3.98. The molecule has 0 aromatic carbocycles. The van der Waals surface area contributed by atoms with Gasteiger partial charge in [0.2, 0.25) is 17.7 Å². The molecule has 84 heavy (non-hydrogen) atoms. The number of nitrogens with one attached hydrogen (secondary N) is 1. The summed E-state index contributed by atoms with van der Waals surface area (Å²) >= 11 is 0. The van der Waals surface area contributed by atoms with Crippen LogP contribution in [0.1, 0.15) is 38.5 Å². The molecular formula is C48H81N5O31. The number of hydroxylamine groups is 2. The Labute approximate surface area is 479 Å². The zero-order valence-corrected chi connectivity index (χ0v) is 45.7. The first-order valence-corrected chi connectivity index (χ1v) is 27.3. The van der Waals surface area contributed by atoms with E-state index in [4.69, 9.17) is 42.7 Å². The van der Waals surface area contributed by atoms with Crippen LogP contribution >= 0.6 is 0 Å². The SMILES string of the molecule is O=C(CN(CC(=O)N(CCOC1OC(CO)C(O)C(O)C1O)CCO[C@H]1O[C@H](CO)[C@@H](O)[C@H](O)[C@@H]1O)CC(=O)N(CCO[C@H]1O[C@H](CO)[C@@H](O)[C@H](O)[C@@H]1O)CCO[C@H]1O[C@H](CO)[C@@H](O)[C@H](O)[C@@H]1O)NCCCCCC(=O)ON1C(=O)CCC1=O. The fourth-order valence-corrected chi connectivity index (χ4v) is 9.27. The zero-order valence-electron chi connectivity index (χ0n) is 45.7. The molecule has 484 valence electrons. The normalized spacial score (nSPS) is 34.7. The number of unbranched alkanes of at least 4 members (excludes halogenated alkanes) is 2. The lowest BCUT2D eigenvalue weighted by Crippen LogP contribution is -2.59. The minimum Gasteiger partial charge on any atom is -0.394 e. The van der Waals surface area contributed by atoms with Gasteiger partial charge in [0.1, 0.15) is 97.7 Å². The van der Waals surface area contributed by atoms with Crippen molar-refractivity contribution >= 4 is 35.5 Å². The summed E-state index contributed by atoms with van der Waals surface area (Å²) in [6.07, 6.45) is -33.5. The molecule has 5 saturated heterocycles. The van der Waals surface area contributed by atoms with Crippen molar-refractivity contribution in [1.82, 2.24) is 25.1 Å². The average molecular weight is 1220 g/mol. The molecule has 5 fully saturated rings. The molecule has 0 aliphatic carbocycles. The fourth-order valence-electron chi connectivity index (χ4n) is 9.27. The van der Waals surface area contributed by atoms with Gasteiger partial charge in [0, 0.05) is 52.0 Å². The lowest BCUT2D eigenvalue weighted by Gasteiger charge is -2.40. The molecule has 5 amide bonds. The smallest absolute Gasteiger partial charge is 0.333 e. The first kappa shape index (κ1) is 70.8. The number of carbonyl (C=O) groups is 6. The largest absolute Gasteiger partial charge is 0.394 e. The van der Waals surface area contributed by atoms with Gasteiger partial charge in [0.25, 0.3) is 11.8 Å². The second-order valence-corrected chi connectivity index (χ2v) is 20.4. The number of aliphatic hydroxyl groups excluding tert-OH is 16. The van der Waals surface area contributed by atoms with E-state index in [1.54, 1.807) is 0 Å². The van der Waals surface area contributed by atoms with Crippen molar-refractivity contribution < 1.29 is 153 Å². The van der Waals surface area contributed by atoms with Crippen molar-refractivity contribution in [2.24, 2.45) is 0 Å². The predicted molar refractivity (Wildman–Crippen MR) is 267 cm³/mol. The Kier molecular flexibility index (Phi) is 29.1. The fraction of sp³-hybridized carbons (Fsp3) is 0.875. The highest BCUT2D eigenvalue weighted by atomic mass is 16.7. The number of aliphatic hydroxyl groups is 16. The summed E-state index contributed by atoms with van der Waals surface area (Å²) < 4.78 is 44.1. The summed E-state index contributed by atoms with van der Waals surface area (Å²) in [6, 6.07) is 0. The van der Waals surface area contributed by atoms with E-state index in [9.17, 15) is 110 Å².